The molecule has 1 aromatic rings. The minimum atomic E-state index is -1.51. The zero-order valence-corrected chi connectivity index (χ0v) is 9.48. The van der Waals surface area contributed by atoms with Crippen molar-refractivity contribution in [1.82, 2.24) is 0 Å². The Kier molecular flexibility index (Phi) is 4.60. The molecule has 4 nitrogen and oxygen atoms in total. The smallest absolute Gasteiger partial charge is 0.372 e. The topological polar surface area (TPSA) is 71.4 Å². The second-order valence-electron chi connectivity index (χ2n) is 3.21. The van der Waals surface area contributed by atoms with Crippen molar-refractivity contribution < 1.29 is 19.5 Å². The molecular weight excluding hydrogens is 244 g/mol. The summed E-state index contributed by atoms with van der Waals surface area (Å²) in [4.78, 5) is 32.4. The van der Waals surface area contributed by atoms with Crippen LogP contribution < -0.4 is 0 Å². The molecule has 5 heteroatoms. The van der Waals surface area contributed by atoms with E-state index in [2.05, 4.69) is 0 Å². The first kappa shape index (κ1) is 13.1. The van der Waals surface area contributed by atoms with Gasteiger partial charge in [-0.3, -0.25) is 9.59 Å². The van der Waals surface area contributed by atoms with Gasteiger partial charge in [-0.1, -0.05) is 17.7 Å². The van der Waals surface area contributed by atoms with Crippen LogP contribution in [0.2, 0.25) is 5.02 Å². The summed E-state index contributed by atoms with van der Waals surface area (Å²) in [7, 11) is 0. The largest absolute Gasteiger partial charge is 0.475 e. The van der Waals surface area contributed by atoms with Crippen molar-refractivity contribution >= 4 is 29.1 Å². The van der Waals surface area contributed by atoms with Crippen LogP contribution in [0.25, 0.3) is 0 Å². The molecule has 0 aliphatic rings. The number of benzene rings is 1. The fourth-order valence-electron chi connectivity index (χ4n) is 1.07. The molecule has 0 amide bonds. The normalized spacial score (nSPS) is 10.4. The second-order valence-corrected chi connectivity index (χ2v) is 3.64. The Balaban J connectivity index is 2.61. The lowest BCUT2D eigenvalue weighted by Crippen LogP contribution is -2.10. The van der Waals surface area contributed by atoms with E-state index >= 15 is 0 Å². The Hall–Kier alpha value is -1.94. The number of hydrogen-bond acceptors (Lipinski definition) is 3. The summed E-state index contributed by atoms with van der Waals surface area (Å²) in [6, 6.07) is 6.25. The summed E-state index contributed by atoms with van der Waals surface area (Å²) in [6.45, 7) is 0. The Morgan fingerprint density at radius 1 is 1.18 bits per heavy atom. The molecular formula is C12H9ClO4. The fourth-order valence-corrected chi connectivity index (χ4v) is 1.20. The molecule has 17 heavy (non-hydrogen) atoms. The first-order valence-corrected chi connectivity index (χ1v) is 5.11. The molecule has 0 aliphatic heterocycles. The Morgan fingerprint density at radius 3 is 2.29 bits per heavy atom. The van der Waals surface area contributed by atoms with Gasteiger partial charge in [0.25, 0.3) is 0 Å². The van der Waals surface area contributed by atoms with E-state index in [1.165, 1.54) is 12.2 Å². The average Bonchev–Trinajstić information content (AvgIpc) is 2.29. The van der Waals surface area contributed by atoms with E-state index < -0.39 is 11.8 Å². The molecule has 0 saturated carbocycles. The van der Waals surface area contributed by atoms with Gasteiger partial charge in [0.2, 0.25) is 5.78 Å². The number of aliphatic carboxylic acids is 1. The monoisotopic (exact) mass is 252 g/mol. The lowest BCUT2D eigenvalue weighted by molar-refractivity contribution is -0.148. The molecule has 0 aromatic heterocycles. The van der Waals surface area contributed by atoms with Crippen LogP contribution in [0, 0.1) is 0 Å². The lowest BCUT2D eigenvalue weighted by atomic mass is 10.1. The number of carboxylic acids is 1. The summed E-state index contributed by atoms with van der Waals surface area (Å²) in [6.07, 6.45) is 2.10. The maximum atomic E-state index is 11.5. The summed E-state index contributed by atoms with van der Waals surface area (Å²) >= 11 is 5.66. The molecule has 0 heterocycles. The Morgan fingerprint density at radius 2 is 1.76 bits per heavy atom. The standard InChI is InChI=1S/C12H9ClO4/c13-9-6-4-8(5-7-9)10(14)2-1-3-11(15)12(16)17/h1-2,4-7H,3H2,(H,16,17). The summed E-state index contributed by atoms with van der Waals surface area (Å²) in [5.41, 5.74) is 0.424. The van der Waals surface area contributed by atoms with Gasteiger partial charge in [0.15, 0.2) is 5.78 Å². The third-order valence-corrected chi connectivity index (χ3v) is 2.19. The van der Waals surface area contributed by atoms with Crippen LogP contribution in [-0.2, 0) is 9.59 Å². The Labute approximate surface area is 103 Å². The summed E-state index contributed by atoms with van der Waals surface area (Å²) in [5.74, 6) is -2.77. The number of carbonyl (C=O) groups is 3. The molecule has 0 radical (unpaired) electrons. The van der Waals surface area contributed by atoms with Gasteiger partial charge in [-0.05, 0) is 30.3 Å². The third kappa shape index (κ3) is 4.20. The molecule has 0 bridgehead atoms. The predicted octanol–water partition coefficient (Wildman–Crippen LogP) is 2.12. The van der Waals surface area contributed by atoms with Gasteiger partial charge in [-0.25, -0.2) is 4.79 Å². The first-order chi connectivity index (χ1) is 8.00. The van der Waals surface area contributed by atoms with Crippen molar-refractivity contribution in [3.63, 3.8) is 0 Å². The van der Waals surface area contributed by atoms with Crippen LogP contribution in [0.15, 0.2) is 36.4 Å². The maximum absolute atomic E-state index is 11.5. The fraction of sp³-hybridized carbons (Fsp3) is 0.0833. The highest BCUT2D eigenvalue weighted by Gasteiger charge is 2.08. The Bertz CT molecular complexity index is 474. The molecule has 1 aromatic carbocycles. The number of Topliss-reactive ketones (excluding diaryl/α,β-unsaturated/α-hetero) is 1. The van der Waals surface area contributed by atoms with Crippen molar-refractivity contribution in [1.29, 1.82) is 0 Å². The molecule has 88 valence electrons. The number of allylic oxidation sites excluding steroid dienone is 2. The third-order valence-electron chi connectivity index (χ3n) is 1.94. The van der Waals surface area contributed by atoms with Crippen LogP contribution in [0.4, 0.5) is 0 Å². The highest BCUT2D eigenvalue weighted by molar-refractivity contribution is 6.33. The molecule has 0 spiro atoms. The molecule has 0 atom stereocenters. The van der Waals surface area contributed by atoms with Crippen LogP contribution in [0.3, 0.4) is 0 Å². The minimum absolute atomic E-state index is 0.297. The van der Waals surface area contributed by atoms with Crippen molar-refractivity contribution in [2.45, 2.75) is 6.42 Å². The SMILES string of the molecule is O=C(O)C(=O)CC=CC(=O)c1ccc(Cl)cc1. The second kappa shape index (κ2) is 5.96. The maximum Gasteiger partial charge on any atom is 0.372 e. The zero-order valence-electron chi connectivity index (χ0n) is 8.72. The van der Waals surface area contributed by atoms with E-state index in [0.717, 1.165) is 0 Å². The van der Waals surface area contributed by atoms with E-state index in [0.29, 0.717) is 10.6 Å². The predicted molar refractivity (Wildman–Crippen MR) is 62.2 cm³/mol. The van der Waals surface area contributed by atoms with Crippen LogP contribution in [0.1, 0.15) is 16.8 Å². The van der Waals surface area contributed by atoms with E-state index in [-0.39, 0.29) is 12.2 Å². The van der Waals surface area contributed by atoms with Crippen LogP contribution in [0.5, 0.6) is 0 Å². The zero-order chi connectivity index (χ0) is 12.8. The molecule has 1 rings (SSSR count). The van der Waals surface area contributed by atoms with E-state index in [1.54, 1.807) is 24.3 Å². The van der Waals surface area contributed by atoms with Crippen molar-refractivity contribution in [3.8, 4) is 0 Å². The van der Waals surface area contributed by atoms with Gasteiger partial charge in [0.1, 0.15) is 0 Å². The van der Waals surface area contributed by atoms with Gasteiger partial charge >= 0.3 is 5.97 Å². The molecule has 1 N–H and O–H groups in total. The first-order valence-electron chi connectivity index (χ1n) is 4.73. The lowest BCUT2D eigenvalue weighted by Gasteiger charge is -1.95. The van der Waals surface area contributed by atoms with E-state index in [4.69, 9.17) is 16.7 Å². The van der Waals surface area contributed by atoms with Crippen LogP contribution >= 0.6 is 11.6 Å². The quantitative estimate of drug-likeness (QED) is 0.495. The molecule has 0 unspecified atom stereocenters. The van der Waals surface area contributed by atoms with Gasteiger partial charge in [-0.15, -0.1) is 0 Å². The van der Waals surface area contributed by atoms with Crippen molar-refractivity contribution in [2.75, 3.05) is 0 Å². The van der Waals surface area contributed by atoms with Gasteiger partial charge < -0.3 is 5.11 Å². The highest BCUT2D eigenvalue weighted by Crippen LogP contribution is 2.10. The average molecular weight is 253 g/mol. The summed E-state index contributed by atoms with van der Waals surface area (Å²) in [5, 5.41) is 8.83. The van der Waals surface area contributed by atoms with Crippen molar-refractivity contribution in [2.24, 2.45) is 0 Å². The minimum Gasteiger partial charge on any atom is -0.475 e. The van der Waals surface area contributed by atoms with Gasteiger partial charge in [0, 0.05) is 17.0 Å². The molecule has 0 aliphatic carbocycles. The number of carbonyl (C=O) groups excluding carboxylic acids is 2. The molecule has 0 saturated heterocycles. The van der Waals surface area contributed by atoms with Crippen molar-refractivity contribution in [3.05, 3.63) is 47.0 Å². The molecule has 0 fully saturated rings. The number of halogens is 1. The van der Waals surface area contributed by atoms with Gasteiger partial charge in [-0.2, -0.15) is 0 Å². The number of rotatable bonds is 5. The van der Waals surface area contributed by atoms with E-state index in [1.807, 2.05) is 0 Å². The number of ketones is 2. The highest BCUT2D eigenvalue weighted by atomic mass is 35.5. The summed E-state index contributed by atoms with van der Waals surface area (Å²) < 4.78 is 0. The van der Waals surface area contributed by atoms with Crippen LogP contribution in [-0.4, -0.2) is 22.6 Å². The van der Waals surface area contributed by atoms with E-state index in [9.17, 15) is 14.4 Å². The van der Waals surface area contributed by atoms with Gasteiger partial charge in [0.05, 0.1) is 0 Å². The number of carboxylic acid groups (broad SMARTS) is 1. The number of hydrogen-bond donors (Lipinski definition) is 1.